The van der Waals surface area contributed by atoms with Gasteiger partial charge in [-0.15, -0.1) is 0 Å². The SMILES string of the molecule is [3H]c1c(C(C)C)ccc2ocnc12. The highest BCUT2D eigenvalue weighted by Crippen LogP contribution is 2.19. The van der Waals surface area contributed by atoms with Gasteiger partial charge in [-0.1, -0.05) is 19.9 Å². The third-order valence-corrected chi connectivity index (χ3v) is 1.89. The number of hydrogen-bond donors (Lipinski definition) is 0. The van der Waals surface area contributed by atoms with Gasteiger partial charge in [0, 0.05) is 0 Å². The molecule has 0 saturated heterocycles. The van der Waals surface area contributed by atoms with E-state index in [0.29, 0.717) is 23.1 Å². The van der Waals surface area contributed by atoms with Gasteiger partial charge in [-0.3, -0.25) is 0 Å². The van der Waals surface area contributed by atoms with Crippen molar-refractivity contribution in [3.63, 3.8) is 0 Å². The lowest BCUT2D eigenvalue weighted by Crippen LogP contribution is -1.85. The first-order chi connectivity index (χ1) is 6.20. The number of oxazole rings is 1. The molecule has 0 N–H and O–H groups in total. The summed E-state index contributed by atoms with van der Waals surface area (Å²) >= 11 is 0. The second-order valence-corrected chi connectivity index (χ2v) is 3.13. The van der Waals surface area contributed by atoms with Crippen LogP contribution in [0.5, 0.6) is 0 Å². The lowest BCUT2D eigenvalue weighted by Gasteiger charge is -2.02. The number of hydrogen-bond acceptors (Lipinski definition) is 2. The van der Waals surface area contributed by atoms with Gasteiger partial charge in [-0.2, -0.15) is 0 Å². The molecule has 12 heavy (non-hydrogen) atoms. The van der Waals surface area contributed by atoms with Gasteiger partial charge < -0.3 is 4.42 Å². The Morgan fingerprint density at radius 2 is 2.33 bits per heavy atom. The summed E-state index contributed by atoms with van der Waals surface area (Å²) in [5.74, 6) is 0.355. The summed E-state index contributed by atoms with van der Waals surface area (Å²) in [5, 5.41) is 0. The van der Waals surface area contributed by atoms with E-state index >= 15 is 0 Å². The molecule has 0 aliphatic carbocycles. The number of nitrogens with zero attached hydrogens (tertiary/aromatic N) is 1. The van der Waals surface area contributed by atoms with E-state index in [1.54, 1.807) is 0 Å². The average molecular weight is 163 g/mol. The lowest BCUT2D eigenvalue weighted by atomic mass is 10.0. The Morgan fingerprint density at radius 3 is 3.08 bits per heavy atom. The van der Waals surface area contributed by atoms with Crippen LogP contribution in [0, 0.1) is 0 Å². The maximum Gasteiger partial charge on any atom is 0.181 e. The number of benzene rings is 1. The molecule has 0 radical (unpaired) electrons. The third kappa shape index (κ3) is 1.09. The standard InChI is InChI=1S/C10H11NO/c1-7(2)8-3-4-10-9(5-8)11-6-12-10/h3-7H,1-2H3/i5T. The molecule has 0 aliphatic heterocycles. The fraction of sp³-hybridized carbons (Fsp3) is 0.300. The van der Waals surface area contributed by atoms with Crippen molar-refractivity contribution in [3.05, 3.63) is 30.1 Å². The fourth-order valence-corrected chi connectivity index (χ4v) is 1.15. The minimum absolute atomic E-state index is 0.355. The highest BCUT2D eigenvalue weighted by atomic mass is 16.3. The quantitative estimate of drug-likeness (QED) is 0.646. The minimum atomic E-state index is 0.355. The summed E-state index contributed by atoms with van der Waals surface area (Å²) in [7, 11) is 0. The first-order valence-electron chi connectivity index (χ1n) is 4.53. The van der Waals surface area contributed by atoms with Gasteiger partial charge in [0.05, 0.1) is 1.37 Å². The van der Waals surface area contributed by atoms with Crippen LogP contribution in [0.2, 0.25) is 0 Å². The normalized spacial score (nSPS) is 12.4. The Balaban J connectivity index is 2.73. The molecular formula is C10H11NO. The van der Waals surface area contributed by atoms with Crippen LogP contribution in [0.1, 0.15) is 26.7 Å². The van der Waals surface area contributed by atoms with Gasteiger partial charge in [0.15, 0.2) is 12.0 Å². The summed E-state index contributed by atoms with van der Waals surface area (Å²) in [5.41, 5.74) is 2.36. The summed E-state index contributed by atoms with van der Waals surface area (Å²) in [6.07, 6.45) is 1.38. The molecule has 0 aliphatic rings. The van der Waals surface area contributed by atoms with Crippen LogP contribution in [0.25, 0.3) is 11.1 Å². The van der Waals surface area contributed by atoms with E-state index in [1.807, 2.05) is 12.1 Å². The molecule has 2 aromatic rings. The van der Waals surface area contributed by atoms with Crippen molar-refractivity contribution in [1.29, 1.82) is 0 Å². The molecule has 0 saturated carbocycles. The molecule has 62 valence electrons. The van der Waals surface area contributed by atoms with Gasteiger partial charge in [0.25, 0.3) is 0 Å². The van der Waals surface area contributed by atoms with Crippen molar-refractivity contribution in [2.45, 2.75) is 19.8 Å². The molecular weight excluding hydrogens is 150 g/mol. The maximum absolute atomic E-state index is 7.86. The molecule has 0 fully saturated rings. The second kappa shape index (κ2) is 2.63. The number of aromatic nitrogens is 1. The van der Waals surface area contributed by atoms with Crippen LogP contribution in [-0.4, -0.2) is 4.98 Å². The Hall–Kier alpha value is -1.31. The van der Waals surface area contributed by atoms with Crippen molar-refractivity contribution in [2.24, 2.45) is 0 Å². The maximum atomic E-state index is 7.86. The molecule has 1 heterocycles. The minimum Gasteiger partial charge on any atom is -0.443 e. The van der Waals surface area contributed by atoms with Crippen LogP contribution in [0.15, 0.2) is 29.0 Å². The Kier molecular flexibility index (Phi) is 1.36. The summed E-state index contributed by atoms with van der Waals surface area (Å²) in [6, 6.07) is 4.29. The molecule has 0 amide bonds. The van der Waals surface area contributed by atoms with E-state index in [4.69, 9.17) is 5.79 Å². The van der Waals surface area contributed by atoms with Gasteiger partial charge in [-0.05, 0) is 23.6 Å². The highest BCUT2D eigenvalue weighted by Gasteiger charge is 2.02. The van der Waals surface area contributed by atoms with Crippen LogP contribution in [0.4, 0.5) is 0 Å². The highest BCUT2D eigenvalue weighted by molar-refractivity contribution is 5.72. The molecule has 2 rings (SSSR count). The van der Waals surface area contributed by atoms with Crippen molar-refractivity contribution in [1.82, 2.24) is 4.98 Å². The summed E-state index contributed by atoms with van der Waals surface area (Å²) in [6.45, 7) is 4.14. The Morgan fingerprint density at radius 1 is 1.50 bits per heavy atom. The second-order valence-electron chi connectivity index (χ2n) is 3.13. The molecule has 1 aromatic heterocycles. The zero-order chi connectivity index (χ0) is 9.42. The number of rotatable bonds is 1. The van der Waals surface area contributed by atoms with E-state index < -0.39 is 0 Å². The monoisotopic (exact) mass is 163 g/mol. The molecule has 0 atom stereocenters. The average Bonchev–Trinajstić information content (AvgIpc) is 2.52. The summed E-state index contributed by atoms with van der Waals surface area (Å²) < 4.78 is 13.0. The first-order valence-corrected chi connectivity index (χ1v) is 4.03. The van der Waals surface area contributed by atoms with Crippen molar-refractivity contribution >= 4 is 11.1 Å². The van der Waals surface area contributed by atoms with Crippen molar-refractivity contribution in [3.8, 4) is 0 Å². The van der Waals surface area contributed by atoms with Crippen LogP contribution >= 0.6 is 0 Å². The number of fused-ring (bicyclic) bond motifs is 1. The molecule has 0 unspecified atom stereocenters. The molecule has 0 spiro atoms. The van der Waals surface area contributed by atoms with E-state index in [1.165, 1.54) is 6.39 Å². The van der Waals surface area contributed by atoms with Gasteiger partial charge >= 0.3 is 0 Å². The Bertz CT molecular complexity index is 433. The van der Waals surface area contributed by atoms with E-state index in [-0.39, 0.29) is 0 Å². The Labute approximate surface area is 72.6 Å². The predicted octanol–water partition coefficient (Wildman–Crippen LogP) is 2.95. The van der Waals surface area contributed by atoms with Crippen molar-refractivity contribution < 1.29 is 5.79 Å². The van der Waals surface area contributed by atoms with E-state index in [9.17, 15) is 0 Å². The predicted molar refractivity (Wildman–Crippen MR) is 48.1 cm³/mol. The molecule has 2 heteroatoms. The molecule has 1 aromatic carbocycles. The smallest absolute Gasteiger partial charge is 0.181 e. The third-order valence-electron chi connectivity index (χ3n) is 1.89. The summed E-state index contributed by atoms with van der Waals surface area (Å²) in [4.78, 5) is 4.01. The van der Waals surface area contributed by atoms with Crippen LogP contribution < -0.4 is 0 Å². The topological polar surface area (TPSA) is 26.0 Å². The van der Waals surface area contributed by atoms with Gasteiger partial charge in [0.1, 0.15) is 5.52 Å². The van der Waals surface area contributed by atoms with Crippen LogP contribution in [0.3, 0.4) is 0 Å². The van der Waals surface area contributed by atoms with Crippen LogP contribution in [-0.2, 0) is 0 Å². The zero-order valence-electron chi connectivity index (χ0n) is 8.16. The van der Waals surface area contributed by atoms with Gasteiger partial charge in [0.2, 0.25) is 0 Å². The molecule has 0 bridgehead atoms. The van der Waals surface area contributed by atoms with Crippen molar-refractivity contribution in [2.75, 3.05) is 0 Å². The van der Waals surface area contributed by atoms with Gasteiger partial charge in [-0.25, -0.2) is 4.98 Å². The molecule has 2 nitrogen and oxygen atoms in total. The fourth-order valence-electron chi connectivity index (χ4n) is 1.15. The van der Waals surface area contributed by atoms with E-state index in [0.717, 1.165) is 5.56 Å². The largest absolute Gasteiger partial charge is 0.443 e. The van der Waals surface area contributed by atoms with E-state index in [2.05, 4.69) is 18.8 Å². The zero-order valence-corrected chi connectivity index (χ0v) is 7.16. The lowest BCUT2D eigenvalue weighted by molar-refractivity contribution is 0.602. The first kappa shape index (κ1) is 6.23.